The van der Waals surface area contributed by atoms with Gasteiger partial charge in [-0.2, -0.15) is 0 Å². The zero-order valence-corrected chi connectivity index (χ0v) is 37.0. The molecule has 6 heteroatoms. The van der Waals surface area contributed by atoms with E-state index in [9.17, 15) is 0 Å². The Labute approximate surface area is 382 Å². The van der Waals surface area contributed by atoms with E-state index >= 15 is 0 Å². The SMILES string of the molecule is CCCC(N=C(N=C(C)c1cccc2oc3cccc(-c4ccc(-c5nc(-c6cccc(-c7ccccc7)c6)nc6c5sc5ccccc56)cc4)c3c12)c1ccccc1)c1ccccc1. The van der Waals surface area contributed by atoms with Gasteiger partial charge in [0.05, 0.1) is 22.0 Å². The van der Waals surface area contributed by atoms with Crippen molar-refractivity contribution in [2.45, 2.75) is 32.7 Å². The molecule has 0 fully saturated rings. The number of aromatic nitrogens is 2. The maximum Gasteiger partial charge on any atom is 0.160 e. The zero-order valence-electron chi connectivity index (χ0n) is 36.1. The highest BCUT2D eigenvalue weighted by Gasteiger charge is 2.20. The van der Waals surface area contributed by atoms with Crippen molar-refractivity contribution < 1.29 is 4.42 Å². The first-order valence-corrected chi connectivity index (χ1v) is 23.1. The average molecular weight is 857 g/mol. The van der Waals surface area contributed by atoms with Crippen molar-refractivity contribution in [3.05, 3.63) is 217 Å². The van der Waals surface area contributed by atoms with Crippen LogP contribution in [-0.2, 0) is 0 Å². The highest BCUT2D eigenvalue weighted by atomic mass is 32.1. The third-order valence-corrected chi connectivity index (χ3v) is 13.3. The molecule has 11 aromatic rings. The van der Waals surface area contributed by atoms with E-state index in [1.807, 2.05) is 12.1 Å². The van der Waals surface area contributed by atoms with Crippen LogP contribution < -0.4 is 0 Å². The molecule has 1 unspecified atom stereocenters. The monoisotopic (exact) mass is 856 g/mol. The fraction of sp³-hybridized carbons (Fsp3) is 0.0847. The molecule has 0 bridgehead atoms. The molecule has 11 rings (SSSR count). The number of hydrogen-bond donors (Lipinski definition) is 0. The van der Waals surface area contributed by atoms with E-state index < -0.39 is 0 Å². The van der Waals surface area contributed by atoms with E-state index in [2.05, 4.69) is 202 Å². The number of benzene rings is 8. The summed E-state index contributed by atoms with van der Waals surface area (Å²) in [7, 11) is 0. The molecule has 0 aliphatic carbocycles. The van der Waals surface area contributed by atoms with Crippen molar-refractivity contribution in [2.24, 2.45) is 9.98 Å². The topological polar surface area (TPSA) is 63.6 Å². The number of nitrogens with zero attached hydrogens (tertiary/aromatic N) is 4. The minimum Gasteiger partial charge on any atom is -0.456 e. The largest absolute Gasteiger partial charge is 0.456 e. The lowest BCUT2D eigenvalue weighted by atomic mass is 9.95. The fourth-order valence-electron chi connectivity index (χ4n) is 8.98. The minimum atomic E-state index is -0.0113. The van der Waals surface area contributed by atoms with Crippen LogP contribution in [0.2, 0.25) is 0 Å². The maximum absolute atomic E-state index is 6.61. The number of hydrogen-bond acceptors (Lipinski definition) is 5. The lowest BCUT2D eigenvalue weighted by Crippen LogP contribution is -2.07. The third kappa shape index (κ3) is 7.72. The van der Waals surface area contributed by atoms with Crippen molar-refractivity contribution in [2.75, 3.05) is 0 Å². The van der Waals surface area contributed by atoms with Crippen molar-refractivity contribution in [3.63, 3.8) is 0 Å². The molecular weight excluding hydrogens is 813 g/mol. The lowest BCUT2D eigenvalue weighted by Gasteiger charge is -2.14. The summed E-state index contributed by atoms with van der Waals surface area (Å²) in [5.41, 5.74) is 14.1. The number of amidine groups is 1. The van der Waals surface area contributed by atoms with Gasteiger partial charge in [-0.25, -0.2) is 15.0 Å². The third-order valence-electron chi connectivity index (χ3n) is 12.2. The van der Waals surface area contributed by atoms with Gasteiger partial charge in [0.25, 0.3) is 0 Å². The summed E-state index contributed by atoms with van der Waals surface area (Å²) in [6.45, 7) is 4.30. The fourth-order valence-corrected chi connectivity index (χ4v) is 10.1. The normalized spacial score (nSPS) is 12.7. The molecule has 3 heterocycles. The Balaban J connectivity index is 1.02. The maximum atomic E-state index is 6.61. The molecule has 0 aliphatic heterocycles. The van der Waals surface area contributed by atoms with E-state index in [4.69, 9.17) is 24.4 Å². The molecule has 1 atom stereocenters. The van der Waals surface area contributed by atoms with Gasteiger partial charge in [-0.1, -0.05) is 189 Å². The second-order valence-corrected chi connectivity index (χ2v) is 17.4. The summed E-state index contributed by atoms with van der Waals surface area (Å²) < 4.78 is 8.88. The van der Waals surface area contributed by atoms with E-state index in [0.29, 0.717) is 5.82 Å². The number of furan rings is 1. The summed E-state index contributed by atoms with van der Waals surface area (Å²) in [6.07, 6.45) is 1.94. The quantitative estimate of drug-likeness (QED) is 0.102. The first-order chi connectivity index (χ1) is 32.1. The van der Waals surface area contributed by atoms with E-state index in [-0.39, 0.29) is 6.04 Å². The predicted octanol–water partition coefficient (Wildman–Crippen LogP) is 16.2. The van der Waals surface area contributed by atoms with Crippen LogP contribution in [0.5, 0.6) is 0 Å². The number of thiophene rings is 1. The zero-order chi connectivity index (χ0) is 43.7. The molecule has 0 saturated heterocycles. The smallest absolute Gasteiger partial charge is 0.160 e. The second kappa shape index (κ2) is 17.4. The Kier molecular flexibility index (Phi) is 10.7. The second-order valence-electron chi connectivity index (χ2n) is 16.4. The Bertz CT molecular complexity index is 3550. The molecule has 0 N–H and O–H groups in total. The Morgan fingerprint density at radius 1 is 0.585 bits per heavy atom. The highest BCUT2D eigenvalue weighted by molar-refractivity contribution is 7.26. The van der Waals surface area contributed by atoms with Crippen LogP contribution in [0.15, 0.2) is 215 Å². The van der Waals surface area contributed by atoms with Gasteiger partial charge in [-0.3, -0.25) is 4.99 Å². The molecule has 65 heavy (non-hydrogen) atoms. The molecule has 0 amide bonds. The van der Waals surface area contributed by atoms with E-state index in [1.54, 1.807) is 11.3 Å². The van der Waals surface area contributed by atoms with Crippen LogP contribution in [0.4, 0.5) is 0 Å². The van der Waals surface area contributed by atoms with E-state index in [0.717, 1.165) is 112 Å². The Morgan fingerprint density at radius 2 is 1.23 bits per heavy atom. The number of rotatable bonds is 10. The Hall–Kier alpha value is -7.80. The summed E-state index contributed by atoms with van der Waals surface area (Å²) >= 11 is 1.75. The average Bonchev–Trinajstić information content (AvgIpc) is 3.95. The number of fused-ring (bicyclic) bond motifs is 6. The Morgan fingerprint density at radius 3 is 2.02 bits per heavy atom. The summed E-state index contributed by atoms with van der Waals surface area (Å²) in [4.78, 5) is 21.3. The molecule has 3 aromatic heterocycles. The van der Waals surface area contributed by atoms with Crippen LogP contribution >= 0.6 is 11.3 Å². The van der Waals surface area contributed by atoms with E-state index in [1.165, 1.54) is 10.3 Å². The van der Waals surface area contributed by atoms with Gasteiger partial charge in [-0.05, 0) is 65.4 Å². The molecule has 0 radical (unpaired) electrons. The van der Waals surface area contributed by atoms with Gasteiger partial charge >= 0.3 is 0 Å². The van der Waals surface area contributed by atoms with Crippen LogP contribution in [-0.4, -0.2) is 21.5 Å². The van der Waals surface area contributed by atoms with Crippen molar-refractivity contribution >= 4 is 65.1 Å². The summed E-state index contributed by atoms with van der Waals surface area (Å²) in [5, 5.41) is 3.23. The van der Waals surface area contributed by atoms with Crippen LogP contribution in [0.25, 0.3) is 87.1 Å². The van der Waals surface area contributed by atoms with Gasteiger partial charge in [0.15, 0.2) is 11.7 Å². The molecular formula is C59H44N4OS. The first-order valence-electron chi connectivity index (χ1n) is 22.2. The lowest BCUT2D eigenvalue weighted by molar-refractivity contribution is 0.640. The van der Waals surface area contributed by atoms with Crippen molar-refractivity contribution in [1.82, 2.24) is 9.97 Å². The molecule has 0 spiro atoms. The van der Waals surface area contributed by atoms with Crippen LogP contribution in [0.3, 0.4) is 0 Å². The standard InChI is InChI=1S/C59H44N4OS/c1-3-18-49(41-21-9-5-10-22-41)61-58(43-23-11-6-12-24-43)60-38(2)46-28-16-30-50-53(46)54-47(29-17-31-51(54)64-50)40-33-35-42(36-34-40)55-57-56(48-27-13-14-32-52(48)65-57)63-59(62-55)45-26-15-25-44(37-45)39-19-7-4-8-20-39/h4-17,19-37,49H,3,18H2,1-2H3. The van der Waals surface area contributed by atoms with Gasteiger partial charge in [0.2, 0.25) is 0 Å². The van der Waals surface area contributed by atoms with Gasteiger partial charge in [0, 0.05) is 48.8 Å². The molecule has 0 aliphatic rings. The molecule has 312 valence electrons. The summed E-state index contributed by atoms with van der Waals surface area (Å²) in [6, 6.07) is 69.8. The van der Waals surface area contributed by atoms with Gasteiger partial charge in [-0.15, -0.1) is 11.3 Å². The minimum absolute atomic E-state index is 0.0113. The summed E-state index contributed by atoms with van der Waals surface area (Å²) in [5.74, 6) is 1.43. The molecule has 8 aromatic carbocycles. The van der Waals surface area contributed by atoms with Crippen molar-refractivity contribution in [3.8, 4) is 44.9 Å². The van der Waals surface area contributed by atoms with Gasteiger partial charge < -0.3 is 4.42 Å². The highest BCUT2D eigenvalue weighted by Crippen LogP contribution is 2.42. The van der Waals surface area contributed by atoms with Crippen molar-refractivity contribution in [1.29, 1.82) is 0 Å². The van der Waals surface area contributed by atoms with Crippen LogP contribution in [0, 0.1) is 0 Å². The first kappa shape index (κ1) is 40.0. The van der Waals surface area contributed by atoms with Crippen LogP contribution in [0.1, 0.15) is 49.4 Å². The molecule has 0 saturated carbocycles. The predicted molar refractivity (Wildman–Crippen MR) is 273 cm³/mol. The molecule has 5 nitrogen and oxygen atoms in total. The van der Waals surface area contributed by atoms with Gasteiger partial charge in [0.1, 0.15) is 11.2 Å². The number of aliphatic imine (C=N–C) groups is 2.